The van der Waals surface area contributed by atoms with E-state index in [9.17, 15) is 4.79 Å². The van der Waals surface area contributed by atoms with Crippen LogP contribution in [0.25, 0.3) is 5.82 Å². The molecule has 78 valence electrons. The Bertz CT molecular complexity index is 583. The van der Waals surface area contributed by atoms with Gasteiger partial charge in [-0.3, -0.25) is 4.57 Å². The van der Waals surface area contributed by atoms with Crippen molar-refractivity contribution in [3.63, 3.8) is 0 Å². The summed E-state index contributed by atoms with van der Waals surface area (Å²) in [5.41, 5.74) is 0.123. The average molecular weight is 214 g/mol. The fraction of sp³-hybridized carbons (Fsp3) is 0. The normalized spacial score (nSPS) is 9.69. The number of carbonyl (C=O) groups is 1. The Hall–Kier alpha value is -2.68. The van der Waals surface area contributed by atoms with Crippen LogP contribution in [0.5, 0.6) is 0 Å². The first-order valence-electron chi connectivity index (χ1n) is 4.36. The quantitative estimate of drug-likeness (QED) is 0.799. The monoisotopic (exact) mass is 214 g/mol. The second-order valence-electron chi connectivity index (χ2n) is 2.91. The standard InChI is InChI=1S/C10H6N4O2/c11-6-7-2-1-5-14(7)9-8(10(15)16)12-3-4-13-9/h1-5H,(H,15,16). The van der Waals surface area contributed by atoms with Crippen molar-refractivity contribution in [2.24, 2.45) is 0 Å². The molecule has 16 heavy (non-hydrogen) atoms. The molecule has 0 spiro atoms. The molecule has 0 atom stereocenters. The number of hydrogen-bond acceptors (Lipinski definition) is 4. The summed E-state index contributed by atoms with van der Waals surface area (Å²) in [5.74, 6) is -1.04. The first-order chi connectivity index (χ1) is 7.74. The Morgan fingerprint density at radius 2 is 2.19 bits per heavy atom. The van der Waals surface area contributed by atoms with Gasteiger partial charge in [-0.15, -0.1) is 0 Å². The van der Waals surface area contributed by atoms with Gasteiger partial charge in [0, 0.05) is 18.6 Å². The fourth-order valence-electron chi connectivity index (χ4n) is 1.31. The average Bonchev–Trinajstić information content (AvgIpc) is 2.76. The van der Waals surface area contributed by atoms with E-state index in [1.165, 1.54) is 17.0 Å². The van der Waals surface area contributed by atoms with Crippen LogP contribution in [-0.2, 0) is 0 Å². The zero-order valence-electron chi connectivity index (χ0n) is 8.03. The van der Waals surface area contributed by atoms with Gasteiger partial charge < -0.3 is 5.11 Å². The Morgan fingerprint density at radius 3 is 2.88 bits per heavy atom. The van der Waals surface area contributed by atoms with Crippen LogP contribution in [0.1, 0.15) is 16.2 Å². The second-order valence-corrected chi connectivity index (χ2v) is 2.91. The molecule has 0 bridgehead atoms. The summed E-state index contributed by atoms with van der Waals surface area (Å²) in [4.78, 5) is 18.6. The highest BCUT2D eigenvalue weighted by Gasteiger charge is 2.15. The highest BCUT2D eigenvalue weighted by molar-refractivity contribution is 5.88. The van der Waals surface area contributed by atoms with Gasteiger partial charge in [-0.1, -0.05) is 0 Å². The molecular formula is C10H6N4O2. The number of carboxylic acids is 1. The van der Waals surface area contributed by atoms with E-state index in [2.05, 4.69) is 9.97 Å². The van der Waals surface area contributed by atoms with Crippen LogP contribution in [0.4, 0.5) is 0 Å². The first kappa shape index (κ1) is 9.86. The van der Waals surface area contributed by atoms with Crippen LogP contribution in [0.3, 0.4) is 0 Å². The van der Waals surface area contributed by atoms with E-state index >= 15 is 0 Å². The van der Waals surface area contributed by atoms with E-state index in [1.807, 2.05) is 6.07 Å². The largest absolute Gasteiger partial charge is 0.476 e. The Balaban J connectivity index is 2.66. The Kier molecular flexibility index (Phi) is 2.36. The molecule has 2 rings (SSSR count). The maximum absolute atomic E-state index is 10.9. The molecular weight excluding hydrogens is 208 g/mol. The molecule has 0 amide bonds. The van der Waals surface area contributed by atoms with Crippen molar-refractivity contribution in [3.8, 4) is 11.9 Å². The minimum absolute atomic E-state index is 0.136. The lowest BCUT2D eigenvalue weighted by Crippen LogP contribution is -2.10. The van der Waals surface area contributed by atoms with Crippen molar-refractivity contribution in [1.29, 1.82) is 5.26 Å². The van der Waals surface area contributed by atoms with E-state index in [1.54, 1.807) is 18.3 Å². The van der Waals surface area contributed by atoms with Crippen molar-refractivity contribution in [1.82, 2.24) is 14.5 Å². The molecule has 0 aromatic carbocycles. The van der Waals surface area contributed by atoms with E-state index < -0.39 is 5.97 Å². The summed E-state index contributed by atoms with van der Waals surface area (Å²) in [6.45, 7) is 0. The van der Waals surface area contributed by atoms with Crippen molar-refractivity contribution < 1.29 is 9.90 Å². The second kappa shape index (κ2) is 3.82. The van der Waals surface area contributed by atoms with Crippen molar-refractivity contribution in [2.75, 3.05) is 0 Å². The third-order valence-electron chi connectivity index (χ3n) is 1.97. The van der Waals surface area contributed by atoms with E-state index in [4.69, 9.17) is 10.4 Å². The zero-order valence-corrected chi connectivity index (χ0v) is 8.03. The highest BCUT2D eigenvalue weighted by Crippen LogP contribution is 2.12. The van der Waals surface area contributed by atoms with Crippen LogP contribution >= 0.6 is 0 Å². The molecule has 0 aliphatic heterocycles. The minimum atomic E-state index is -1.18. The van der Waals surface area contributed by atoms with Gasteiger partial charge in [0.05, 0.1) is 0 Å². The summed E-state index contributed by atoms with van der Waals surface area (Å²) in [7, 11) is 0. The van der Waals surface area contributed by atoms with Gasteiger partial charge in [0.15, 0.2) is 11.5 Å². The summed E-state index contributed by atoms with van der Waals surface area (Å²) < 4.78 is 1.39. The lowest BCUT2D eigenvalue weighted by atomic mass is 10.4. The summed E-state index contributed by atoms with van der Waals surface area (Å²) in [5, 5.41) is 17.8. The van der Waals surface area contributed by atoms with Gasteiger partial charge >= 0.3 is 5.97 Å². The number of aromatic carboxylic acids is 1. The molecule has 0 fully saturated rings. The summed E-state index contributed by atoms with van der Waals surface area (Å²) >= 11 is 0. The zero-order chi connectivity index (χ0) is 11.5. The maximum atomic E-state index is 10.9. The highest BCUT2D eigenvalue weighted by atomic mass is 16.4. The predicted octanol–water partition coefficient (Wildman–Crippen LogP) is 0.837. The van der Waals surface area contributed by atoms with Crippen LogP contribution < -0.4 is 0 Å². The molecule has 0 saturated heterocycles. The Morgan fingerprint density at radius 1 is 1.44 bits per heavy atom. The molecule has 2 heterocycles. The van der Waals surface area contributed by atoms with Crippen LogP contribution in [0.15, 0.2) is 30.7 Å². The molecule has 0 aliphatic carbocycles. The van der Waals surface area contributed by atoms with E-state index in [-0.39, 0.29) is 11.5 Å². The third kappa shape index (κ3) is 1.50. The summed E-state index contributed by atoms with van der Waals surface area (Å²) in [6.07, 6.45) is 4.24. The first-order valence-corrected chi connectivity index (χ1v) is 4.36. The van der Waals surface area contributed by atoms with Crippen molar-refractivity contribution >= 4 is 5.97 Å². The van der Waals surface area contributed by atoms with E-state index in [0.717, 1.165) is 0 Å². The Labute approximate surface area is 90.4 Å². The number of nitriles is 1. The molecule has 2 aromatic heterocycles. The van der Waals surface area contributed by atoms with Gasteiger partial charge in [-0.25, -0.2) is 14.8 Å². The molecule has 0 saturated carbocycles. The molecule has 0 aliphatic rings. The number of nitrogens with zero attached hydrogens (tertiary/aromatic N) is 4. The lowest BCUT2D eigenvalue weighted by Gasteiger charge is -2.05. The SMILES string of the molecule is N#Cc1cccn1-c1nccnc1C(=O)O. The number of carboxylic acid groups (broad SMARTS) is 1. The third-order valence-corrected chi connectivity index (χ3v) is 1.97. The van der Waals surface area contributed by atoms with Gasteiger partial charge in [-0.2, -0.15) is 5.26 Å². The van der Waals surface area contributed by atoms with Crippen molar-refractivity contribution in [3.05, 3.63) is 42.1 Å². The van der Waals surface area contributed by atoms with Crippen molar-refractivity contribution in [2.45, 2.75) is 0 Å². The molecule has 2 aromatic rings. The van der Waals surface area contributed by atoms with Gasteiger partial charge in [0.2, 0.25) is 0 Å². The lowest BCUT2D eigenvalue weighted by molar-refractivity contribution is 0.0690. The molecule has 0 unspecified atom stereocenters. The van der Waals surface area contributed by atoms with Crippen LogP contribution in [0, 0.1) is 11.3 Å². The van der Waals surface area contributed by atoms with Gasteiger partial charge in [-0.05, 0) is 12.1 Å². The minimum Gasteiger partial charge on any atom is -0.476 e. The van der Waals surface area contributed by atoms with Gasteiger partial charge in [0.25, 0.3) is 0 Å². The smallest absolute Gasteiger partial charge is 0.358 e. The number of hydrogen-bond donors (Lipinski definition) is 1. The van der Waals surface area contributed by atoms with Crippen LogP contribution in [-0.4, -0.2) is 25.6 Å². The summed E-state index contributed by atoms with van der Waals surface area (Å²) in [6, 6.07) is 5.15. The fourth-order valence-corrected chi connectivity index (χ4v) is 1.31. The maximum Gasteiger partial charge on any atom is 0.358 e. The van der Waals surface area contributed by atoms with E-state index in [0.29, 0.717) is 5.69 Å². The molecule has 1 N–H and O–H groups in total. The van der Waals surface area contributed by atoms with Gasteiger partial charge in [0.1, 0.15) is 11.8 Å². The molecule has 6 nitrogen and oxygen atoms in total. The predicted molar refractivity (Wildman–Crippen MR) is 53.0 cm³/mol. The molecule has 6 heteroatoms. The number of aromatic nitrogens is 3. The van der Waals surface area contributed by atoms with Crippen LogP contribution in [0.2, 0.25) is 0 Å². The molecule has 0 radical (unpaired) electrons. The topological polar surface area (TPSA) is 91.8 Å². The number of rotatable bonds is 2.